The van der Waals surface area contributed by atoms with E-state index in [4.69, 9.17) is 11.5 Å². The van der Waals surface area contributed by atoms with Gasteiger partial charge in [0.1, 0.15) is 18.1 Å². The molecule has 4 unspecified atom stereocenters. The predicted molar refractivity (Wildman–Crippen MR) is 127 cm³/mol. The van der Waals surface area contributed by atoms with Crippen LogP contribution in [-0.4, -0.2) is 70.9 Å². The van der Waals surface area contributed by atoms with Gasteiger partial charge >= 0.3 is 5.97 Å². The SMILES string of the molecule is CSCCC(NC(=O)C(CCC(N)=O)NC(=O)C(CC(C)C)NC(=O)C(N)C(C)C)C(=O)O. The molecule has 0 aromatic rings. The van der Waals surface area contributed by atoms with Crippen LogP contribution in [0.15, 0.2) is 0 Å². The standard InChI is InChI=1S/C21H39N5O6S/c1-11(2)10-15(26-20(30)17(23)12(3)4)19(29)24-13(6-7-16(22)27)18(28)25-14(21(31)32)8-9-33-5/h11-15,17H,6-10,23H2,1-5H3,(H2,22,27)(H,24,29)(H,25,28)(H,26,30)(H,31,32). The minimum atomic E-state index is -1.20. The van der Waals surface area contributed by atoms with Crippen LogP contribution in [0.4, 0.5) is 0 Å². The van der Waals surface area contributed by atoms with E-state index in [1.807, 2.05) is 20.1 Å². The normalized spacial score (nSPS) is 14.8. The lowest BCUT2D eigenvalue weighted by Crippen LogP contribution is -2.57. The molecule has 0 aromatic heterocycles. The second kappa shape index (κ2) is 15.5. The number of carbonyl (C=O) groups excluding carboxylic acids is 4. The first-order valence-corrected chi connectivity index (χ1v) is 12.4. The van der Waals surface area contributed by atoms with E-state index in [1.165, 1.54) is 11.8 Å². The van der Waals surface area contributed by atoms with E-state index in [2.05, 4.69) is 16.0 Å². The van der Waals surface area contributed by atoms with Crippen LogP contribution in [0, 0.1) is 11.8 Å². The molecule has 0 heterocycles. The highest BCUT2D eigenvalue weighted by molar-refractivity contribution is 7.98. The number of primary amides is 1. The summed E-state index contributed by atoms with van der Waals surface area (Å²) in [7, 11) is 0. The highest BCUT2D eigenvalue weighted by atomic mass is 32.2. The van der Waals surface area contributed by atoms with Crippen molar-refractivity contribution in [3.05, 3.63) is 0 Å². The fraction of sp³-hybridized carbons (Fsp3) is 0.762. The Balaban J connectivity index is 5.54. The van der Waals surface area contributed by atoms with Gasteiger partial charge < -0.3 is 32.5 Å². The smallest absolute Gasteiger partial charge is 0.326 e. The molecule has 0 aromatic carbocycles. The largest absolute Gasteiger partial charge is 0.480 e. The summed E-state index contributed by atoms with van der Waals surface area (Å²) in [4.78, 5) is 60.9. The van der Waals surface area contributed by atoms with Crippen LogP contribution in [0.3, 0.4) is 0 Å². The van der Waals surface area contributed by atoms with Crippen LogP contribution in [-0.2, 0) is 24.0 Å². The van der Waals surface area contributed by atoms with E-state index in [9.17, 15) is 29.1 Å². The molecular formula is C21H39N5O6S. The molecule has 0 spiro atoms. The van der Waals surface area contributed by atoms with Gasteiger partial charge in [-0.25, -0.2) is 4.79 Å². The molecule has 8 N–H and O–H groups in total. The third kappa shape index (κ3) is 12.5. The van der Waals surface area contributed by atoms with Crippen LogP contribution < -0.4 is 27.4 Å². The van der Waals surface area contributed by atoms with Crippen molar-refractivity contribution in [2.24, 2.45) is 23.3 Å². The quantitative estimate of drug-likeness (QED) is 0.168. The van der Waals surface area contributed by atoms with Crippen LogP contribution in [0.2, 0.25) is 0 Å². The number of carboxylic acids is 1. The molecule has 0 radical (unpaired) electrons. The maximum Gasteiger partial charge on any atom is 0.326 e. The number of rotatable bonds is 16. The first kappa shape index (κ1) is 30.7. The van der Waals surface area contributed by atoms with Crippen molar-refractivity contribution < 1.29 is 29.1 Å². The van der Waals surface area contributed by atoms with E-state index in [1.54, 1.807) is 13.8 Å². The average Bonchev–Trinajstić information content (AvgIpc) is 2.71. The first-order chi connectivity index (χ1) is 15.3. The van der Waals surface area contributed by atoms with Gasteiger partial charge in [-0.1, -0.05) is 27.7 Å². The Hall–Kier alpha value is -2.34. The Morgan fingerprint density at radius 1 is 0.848 bits per heavy atom. The molecule has 0 saturated heterocycles. The van der Waals surface area contributed by atoms with E-state index >= 15 is 0 Å². The van der Waals surface area contributed by atoms with Crippen molar-refractivity contribution in [3.8, 4) is 0 Å². The molecule has 33 heavy (non-hydrogen) atoms. The van der Waals surface area contributed by atoms with Gasteiger partial charge in [-0.15, -0.1) is 0 Å². The third-order valence-corrected chi connectivity index (χ3v) is 5.54. The highest BCUT2D eigenvalue weighted by Crippen LogP contribution is 2.09. The Morgan fingerprint density at radius 3 is 1.82 bits per heavy atom. The van der Waals surface area contributed by atoms with E-state index in [0.717, 1.165) is 0 Å². The zero-order chi connectivity index (χ0) is 25.7. The number of hydrogen-bond acceptors (Lipinski definition) is 7. The molecule has 11 nitrogen and oxygen atoms in total. The molecular weight excluding hydrogens is 450 g/mol. The van der Waals surface area contributed by atoms with Crippen molar-refractivity contribution in [2.45, 2.75) is 77.5 Å². The summed E-state index contributed by atoms with van der Waals surface area (Å²) in [6.45, 7) is 7.30. The number of hydrogen-bond donors (Lipinski definition) is 6. The zero-order valence-electron chi connectivity index (χ0n) is 20.1. The molecule has 12 heteroatoms. The van der Waals surface area contributed by atoms with E-state index in [-0.39, 0.29) is 37.5 Å². The number of aliphatic carboxylic acids is 1. The molecule has 0 bridgehead atoms. The van der Waals surface area contributed by atoms with Crippen LogP contribution >= 0.6 is 11.8 Å². The van der Waals surface area contributed by atoms with Crippen LogP contribution in [0.25, 0.3) is 0 Å². The van der Waals surface area contributed by atoms with Gasteiger partial charge in [0.05, 0.1) is 6.04 Å². The minimum Gasteiger partial charge on any atom is -0.480 e. The fourth-order valence-electron chi connectivity index (χ4n) is 2.87. The molecule has 0 saturated carbocycles. The summed E-state index contributed by atoms with van der Waals surface area (Å²) in [5.74, 6) is -3.34. The summed E-state index contributed by atoms with van der Waals surface area (Å²) >= 11 is 1.43. The summed E-state index contributed by atoms with van der Waals surface area (Å²) in [6.07, 6.45) is 1.98. The number of nitrogens with one attached hydrogen (secondary N) is 3. The van der Waals surface area contributed by atoms with Crippen molar-refractivity contribution >= 4 is 41.4 Å². The van der Waals surface area contributed by atoms with Gasteiger partial charge in [0.15, 0.2) is 0 Å². The summed E-state index contributed by atoms with van der Waals surface area (Å²) in [5, 5.41) is 16.9. The number of carbonyl (C=O) groups is 5. The molecule has 0 aliphatic heterocycles. The Kier molecular flexibility index (Phi) is 14.4. The lowest BCUT2D eigenvalue weighted by Gasteiger charge is -2.26. The maximum absolute atomic E-state index is 13.0. The van der Waals surface area contributed by atoms with Gasteiger partial charge in [0.2, 0.25) is 23.6 Å². The minimum absolute atomic E-state index is 0.0390. The highest BCUT2D eigenvalue weighted by Gasteiger charge is 2.31. The average molecular weight is 490 g/mol. The molecule has 4 atom stereocenters. The lowest BCUT2D eigenvalue weighted by molar-refractivity contribution is -0.142. The molecule has 4 amide bonds. The zero-order valence-corrected chi connectivity index (χ0v) is 20.9. The van der Waals surface area contributed by atoms with Crippen LogP contribution in [0.1, 0.15) is 53.4 Å². The van der Waals surface area contributed by atoms with Crippen LogP contribution in [0.5, 0.6) is 0 Å². The van der Waals surface area contributed by atoms with Crippen molar-refractivity contribution in [2.75, 3.05) is 12.0 Å². The van der Waals surface area contributed by atoms with E-state index in [0.29, 0.717) is 5.75 Å². The first-order valence-electron chi connectivity index (χ1n) is 11.0. The Labute approximate surface area is 199 Å². The topological polar surface area (TPSA) is 194 Å². The second-order valence-corrected chi connectivity index (χ2v) is 9.69. The lowest BCUT2D eigenvalue weighted by atomic mass is 10.00. The van der Waals surface area contributed by atoms with Crippen molar-refractivity contribution in [3.63, 3.8) is 0 Å². The van der Waals surface area contributed by atoms with Gasteiger partial charge in [0, 0.05) is 6.42 Å². The Morgan fingerprint density at radius 2 is 1.36 bits per heavy atom. The number of nitrogens with two attached hydrogens (primary N) is 2. The van der Waals surface area contributed by atoms with Crippen molar-refractivity contribution in [1.29, 1.82) is 0 Å². The third-order valence-electron chi connectivity index (χ3n) is 4.90. The molecule has 0 aliphatic carbocycles. The van der Waals surface area contributed by atoms with Gasteiger partial charge in [0.25, 0.3) is 0 Å². The predicted octanol–water partition coefficient (Wildman–Crippen LogP) is -0.427. The fourth-order valence-corrected chi connectivity index (χ4v) is 3.34. The number of amides is 4. The summed E-state index contributed by atoms with van der Waals surface area (Å²) in [5.41, 5.74) is 11.1. The summed E-state index contributed by atoms with van der Waals surface area (Å²) in [6, 6.07) is -4.12. The molecule has 0 fully saturated rings. The van der Waals surface area contributed by atoms with Gasteiger partial charge in [-0.05, 0) is 43.1 Å². The van der Waals surface area contributed by atoms with E-state index < -0.39 is 53.8 Å². The monoisotopic (exact) mass is 489 g/mol. The molecule has 190 valence electrons. The van der Waals surface area contributed by atoms with Gasteiger partial charge in [-0.2, -0.15) is 11.8 Å². The summed E-state index contributed by atoms with van der Waals surface area (Å²) < 4.78 is 0. The van der Waals surface area contributed by atoms with Crippen molar-refractivity contribution in [1.82, 2.24) is 16.0 Å². The number of thioether (sulfide) groups is 1. The Bertz CT molecular complexity index is 688. The van der Waals surface area contributed by atoms with Gasteiger partial charge in [-0.3, -0.25) is 19.2 Å². The second-order valence-electron chi connectivity index (χ2n) is 8.71. The number of carboxylic acid groups (broad SMARTS) is 1. The maximum atomic E-state index is 13.0. The molecule has 0 aliphatic rings. The molecule has 0 rings (SSSR count).